The molecule has 0 atom stereocenters. The zero-order valence-corrected chi connectivity index (χ0v) is 10.3. The van der Waals surface area contributed by atoms with Crippen LogP contribution in [0.4, 0.5) is 0 Å². The van der Waals surface area contributed by atoms with Gasteiger partial charge in [0.2, 0.25) is 0 Å². The lowest BCUT2D eigenvalue weighted by molar-refractivity contribution is -0.131. The summed E-state index contributed by atoms with van der Waals surface area (Å²) in [4.78, 5) is 14.4. The number of piperidine rings is 1. The standard InChI is InChI=1S/C12H24N2O/c1-12(2,3)11(15)10-4-7-14(8-5-10)9-6-13/h10H,4-9,13H2,1-3H3. The van der Waals surface area contributed by atoms with Gasteiger partial charge in [-0.3, -0.25) is 4.79 Å². The molecule has 0 unspecified atom stereocenters. The van der Waals surface area contributed by atoms with Crippen molar-refractivity contribution in [2.45, 2.75) is 33.6 Å². The molecule has 0 saturated carbocycles. The maximum Gasteiger partial charge on any atom is 0.141 e. The van der Waals surface area contributed by atoms with Crippen LogP contribution in [0, 0.1) is 11.3 Å². The third kappa shape index (κ3) is 3.58. The molecule has 1 aliphatic heterocycles. The Morgan fingerprint density at radius 1 is 1.33 bits per heavy atom. The van der Waals surface area contributed by atoms with E-state index in [-0.39, 0.29) is 11.3 Å². The first-order valence-electron chi connectivity index (χ1n) is 5.92. The largest absolute Gasteiger partial charge is 0.329 e. The van der Waals surface area contributed by atoms with Crippen molar-refractivity contribution in [2.75, 3.05) is 26.2 Å². The van der Waals surface area contributed by atoms with Crippen LogP contribution < -0.4 is 5.73 Å². The molecule has 1 heterocycles. The molecule has 0 aromatic carbocycles. The molecule has 2 N–H and O–H groups in total. The quantitative estimate of drug-likeness (QED) is 0.766. The van der Waals surface area contributed by atoms with Crippen LogP contribution in [0.3, 0.4) is 0 Å². The lowest BCUT2D eigenvalue weighted by Crippen LogP contribution is -2.41. The van der Waals surface area contributed by atoms with Crippen molar-refractivity contribution in [1.29, 1.82) is 0 Å². The summed E-state index contributed by atoms with van der Waals surface area (Å²) in [6.45, 7) is 9.80. The molecule has 3 heteroatoms. The molecule has 1 saturated heterocycles. The zero-order chi connectivity index (χ0) is 11.5. The molecule has 3 nitrogen and oxygen atoms in total. The smallest absolute Gasteiger partial charge is 0.141 e. The van der Waals surface area contributed by atoms with E-state index in [1.54, 1.807) is 0 Å². The third-order valence-electron chi connectivity index (χ3n) is 3.14. The summed E-state index contributed by atoms with van der Waals surface area (Å²) in [5.41, 5.74) is 5.33. The van der Waals surface area contributed by atoms with Crippen LogP contribution in [0.5, 0.6) is 0 Å². The number of rotatable bonds is 3. The van der Waals surface area contributed by atoms with Gasteiger partial charge < -0.3 is 10.6 Å². The minimum absolute atomic E-state index is 0.180. The SMILES string of the molecule is CC(C)(C)C(=O)C1CCN(CCN)CC1. The van der Waals surface area contributed by atoms with Gasteiger partial charge in [0.25, 0.3) is 0 Å². The van der Waals surface area contributed by atoms with Gasteiger partial charge >= 0.3 is 0 Å². The van der Waals surface area contributed by atoms with Gasteiger partial charge in [0.05, 0.1) is 0 Å². The Hall–Kier alpha value is -0.410. The monoisotopic (exact) mass is 212 g/mol. The van der Waals surface area contributed by atoms with Gasteiger partial charge in [-0.05, 0) is 25.9 Å². The van der Waals surface area contributed by atoms with Crippen molar-refractivity contribution in [3.63, 3.8) is 0 Å². The summed E-state index contributed by atoms with van der Waals surface area (Å²) >= 11 is 0. The Kier molecular flexibility index (Phi) is 4.29. The van der Waals surface area contributed by atoms with Crippen LogP contribution in [0.15, 0.2) is 0 Å². The number of ketones is 1. The number of hydrogen-bond acceptors (Lipinski definition) is 3. The van der Waals surface area contributed by atoms with E-state index in [2.05, 4.69) is 4.90 Å². The summed E-state index contributed by atoms with van der Waals surface area (Å²) in [7, 11) is 0. The van der Waals surface area contributed by atoms with Gasteiger partial charge in [0, 0.05) is 24.4 Å². The average Bonchev–Trinajstić information content (AvgIpc) is 2.17. The van der Waals surface area contributed by atoms with E-state index >= 15 is 0 Å². The minimum Gasteiger partial charge on any atom is -0.329 e. The predicted octanol–water partition coefficient (Wildman–Crippen LogP) is 1.27. The molecule has 0 radical (unpaired) electrons. The maximum atomic E-state index is 12.0. The topological polar surface area (TPSA) is 46.3 Å². The van der Waals surface area contributed by atoms with Gasteiger partial charge in [-0.15, -0.1) is 0 Å². The second-order valence-corrected chi connectivity index (χ2v) is 5.52. The lowest BCUT2D eigenvalue weighted by atomic mass is 9.79. The fourth-order valence-electron chi connectivity index (χ4n) is 2.21. The van der Waals surface area contributed by atoms with Gasteiger partial charge in [-0.1, -0.05) is 20.8 Å². The third-order valence-corrected chi connectivity index (χ3v) is 3.14. The molecule has 1 fully saturated rings. The van der Waals surface area contributed by atoms with Crippen LogP contribution in [0.1, 0.15) is 33.6 Å². The van der Waals surface area contributed by atoms with E-state index in [4.69, 9.17) is 5.73 Å². The average molecular weight is 212 g/mol. The number of carbonyl (C=O) groups is 1. The predicted molar refractivity (Wildman–Crippen MR) is 62.7 cm³/mol. The summed E-state index contributed by atoms with van der Waals surface area (Å²) in [5.74, 6) is 0.703. The number of likely N-dealkylation sites (tertiary alicyclic amines) is 1. The van der Waals surface area contributed by atoms with Crippen molar-refractivity contribution < 1.29 is 4.79 Å². The van der Waals surface area contributed by atoms with Crippen molar-refractivity contribution >= 4 is 5.78 Å². The Bertz CT molecular complexity index is 212. The fraction of sp³-hybridized carbons (Fsp3) is 0.917. The highest BCUT2D eigenvalue weighted by atomic mass is 16.1. The second kappa shape index (κ2) is 5.08. The molecular weight excluding hydrogens is 188 g/mol. The van der Waals surface area contributed by atoms with Gasteiger partial charge in [-0.25, -0.2) is 0 Å². The van der Waals surface area contributed by atoms with E-state index in [1.165, 1.54) is 0 Å². The number of nitrogens with zero attached hydrogens (tertiary/aromatic N) is 1. The highest BCUT2D eigenvalue weighted by Crippen LogP contribution is 2.27. The van der Waals surface area contributed by atoms with Crippen molar-refractivity contribution in [2.24, 2.45) is 17.1 Å². The van der Waals surface area contributed by atoms with Gasteiger partial charge in [0.15, 0.2) is 0 Å². The molecule has 0 aliphatic carbocycles. The molecule has 0 amide bonds. The van der Waals surface area contributed by atoms with Crippen LogP contribution >= 0.6 is 0 Å². The normalized spacial score (nSPS) is 20.5. The molecule has 0 spiro atoms. The number of Topliss-reactive ketones (excluding diaryl/α,β-unsaturated/α-hetero) is 1. The van der Waals surface area contributed by atoms with E-state index in [1.807, 2.05) is 20.8 Å². The van der Waals surface area contributed by atoms with E-state index in [0.29, 0.717) is 5.78 Å². The molecule has 0 aromatic rings. The Morgan fingerprint density at radius 2 is 1.87 bits per heavy atom. The fourth-order valence-corrected chi connectivity index (χ4v) is 2.21. The number of nitrogens with two attached hydrogens (primary N) is 1. The van der Waals surface area contributed by atoms with E-state index in [9.17, 15) is 4.79 Å². The Morgan fingerprint density at radius 3 is 2.27 bits per heavy atom. The summed E-state index contributed by atoms with van der Waals surface area (Å²) in [5, 5.41) is 0. The second-order valence-electron chi connectivity index (χ2n) is 5.52. The highest BCUT2D eigenvalue weighted by molar-refractivity contribution is 5.86. The minimum atomic E-state index is -0.180. The first kappa shape index (κ1) is 12.7. The molecule has 1 aliphatic rings. The zero-order valence-electron chi connectivity index (χ0n) is 10.3. The molecule has 15 heavy (non-hydrogen) atoms. The molecule has 1 rings (SSSR count). The Balaban J connectivity index is 2.41. The highest BCUT2D eigenvalue weighted by Gasteiger charge is 2.31. The molecule has 0 bridgehead atoms. The van der Waals surface area contributed by atoms with Crippen molar-refractivity contribution in [3.05, 3.63) is 0 Å². The van der Waals surface area contributed by atoms with Crippen LogP contribution in [-0.2, 0) is 4.79 Å². The molecule has 0 aromatic heterocycles. The van der Waals surface area contributed by atoms with Crippen LogP contribution in [-0.4, -0.2) is 36.9 Å². The number of hydrogen-bond donors (Lipinski definition) is 1. The van der Waals surface area contributed by atoms with E-state index in [0.717, 1.165) is 39.0 Å². The first-order chi connectivity index (χ1) is 6.95. The molecule has 88 valence electrons. The summed E-state index contributed by atoms with van der Waals surface area (Å²) in [6.07, 6.45) is 2.02. The number of carbonyl (C=O) groups excluding carboxylic acids is 1. The van der Waals surface area contributed by atoms with Gasteiger partial charge in [0.1, 0.15) is 5.78 Å². The van der Waals surface area contributed by atoms with E-state index < -0.39 is 0 Å². The maximum absolute atomic E-state index is 12.0. The van der Waals surface area contributed by atoms with Crippen LogP contribution in [0.2, 0.25) is 0 Å². The van der Waals surface area contributed by atoms with Crippen molar-refractivity contribution in [3.8, 4) is 0 Å². The molecular formula is C12H24N2O. The van der Waals surface area contributed by atoms with Crippen molar-refractivity contribution in [1.82, 2.24) is 4.90 Å². The first-order valence-corrected chi connectivity index (χ1v) is 5.92. The van der Waals surface area contributed by atoms with Gasteiger partial charge in [-0.2, -0.15) is 0 Å². The summed E-state index contributed by atoms with van der Waals surface area (Å²) in [6, 6.07) is 0. The van der Waals surface area contributed by atoms with Crippen LogP contribution in [0.25, 0.3) is 0 Å². The summed E-state index contributed by atoms with van der Waals surface area (Å²) < 4.78 is 0. The Labute approximate surface area is 93.0 Å². The lowest BCUT2D eigenvalue weighted by Gasteiger charge is -2.33.